The fourth-order valence-corrected chi connectivity index (χ4v) is 5.36. The van der Waals surface area contributed by atoms with Crippen LogP contribution in [-0.4, -0.2) is 60.0 Å². The lowest BCUT2D eigenvalue weighted by Crippen LogP contribution is -2.48. The van der Waals surface area contributed by atoms with Crippen molar-refractivity contribution in [1.29, 1.82) is 0 Å². The SMILES string of the molecule is Cc1ccc2nc(-c3ccc(NC(=O)CN4CCN(C/C=C\c5ccccc5)CC4)cc3)sc2c1. The van der Waals surface area contributed by atoms with Crippen molar-refractivity contribution in [3.05, 3.63) is 90.0 Å². The molecule has 0 aliphatic carbocycles. The van der Waals surface area contributed by atoms with Gasteiger partial charge in [-0.2, -0.15) is 0 Å². The Morgan fingerprint density at radius 1 is 0.971 bits per heavy atom. The first-order valence-electron chi connectivity index (χ1n) is 12.1. The van der Waals surface area contributed by atoms with Gasteiger partial charge in [0, 0.05) is 44.0 Å². The smallest absolute Gasteiger partial charge is 0.238 e. The topological polar surface area (TPSA) is 48.5 Å². The Bertz CT molecular complexity index is 1310. The maximum Gasteiger partial charge on any atom is 0.238 e. The van der Waals surface area contributed by atoms with E-state index in [4.69, 9.17) is 4.98 Å². The number of thiazole rings is 1. The van der Waals surface area contributed by atoms with Gasteiger partial charge in [-0.15, -0.1) is 11.3 Å². The summed E-state index contributed by atoms with van der Waals surface area (Å²) in [6.07, 6.45) is 4.39. The van der Waals surface area contributed by atoms with E-state index in [0.717, 1.165) is 54.5 Å². The minimum Gasteiger partial charge on any atom is -0.325 e. The number of aryl methyl sites for hydroxylation is 1. The molecule has 5 rings (SSSR count). The molecule has 5 nitrogen and oxygen atoms in total. The van der Waals surface area contributed by atoms with Crippen molar-refractivity contribution in [3.8, 4) is 10.6 Å². The Balaban J connectivity index is 1.08. The lowest BCUT2D eigenvalue weighted by atomic mass is 10.2. The molecule has 35 heavy (non-hydrogen) atoms. The van der Waals surface area contributed by atoms with Gasteiger partial charge in [-0.1, -0.05) is 48.6 Å². The highest BCUT2D eigenvalue weighted by Crippen LogP contribution is 2.31. The second-order valence-corrected chi connectivity index (χ2v) is 10.0. The molecule has 0 bridgehead atoms. The zero-order chi connectivity index (χ0) is 24.0. The predicted octanol–water partition coefficient (Wildman–Crippen LogP) is 5.54. The van der Waals surface area contributed by atoms with Gasteiger partial charge in [-0.25, -0.2) is 4.98 Å². The van der Waals surface area contributed by atoms with Gasteiger partial charge >= 0.3 is 0 Å². The summed E-state index contributed by atoms with van der Waals surface area (Å²) in [7, 11) is 0. The van der Waals surface area contributed by atoms with E-state index in [0.29, 0.717) is 6.54 Å². The van der Waals surface area contributed by atoms with Crippen LogP contribution >= 0.6 is 11.3 Å². The van der Waals surface area contributed by atoms with Gasteiger partial charge < -0.3 is 5.32 Å². The highest BCUT2D eigenvalue weighted by molar-refractivity contribution is 7.21. The number of nitrogens with zero attached hydrogens (tertiary/aromatic N) is 3. The number of benzene rings is 3. The minimum absolute atomic E-state index is 0.0330. The molecule has 6 heteroatoms. The maximum atomic E-state index is 12.6. The van der Waals surface area contributed by atoms with Gasteiger partial charge in [0.05, 0.1) is 16.8 Å². The largest absolute Gasteiger partial charge is 0.325 e. The Labute approximate surface area is 210 Å². The van der Waals surface area contributed by atoms with Crippen LogP contribution in [0.15, 0.2) is 78.9 Å². The van der Waals surface area contributed by atoms with E-state index >= 15 is 0 Å². The molecule has 0 radical (unpaired) electrons. The van der Waals surface area contributed by atoms with Crippen molar-refractivity contribution in [2.75, 3.05) is 44.6 Å². The first-order chi connectivity index (χ1) is 17.1. The Morgan fingerprint density at radius 3 is 2.49 bits per heavy atom. The number of carbonyl (C=O) groups is 1. The van der Waals surface area contributed by atoms with Crippen LogP contribution in [0.25, 0.3) is 26.9 Å². The van der Waals surface area contributed by atoms with E-state index in [-0.39, 0.29) is 5.91 Å². The molecule has 0 atom stereocenters. The molecule has 0 spiro atoms. The van der Waals surface area contributed by atoms with E-state index in [1.165, 1.54) is 15.8 Å². The molecule has 3 aromatic carbocycles. The monoisotopic (exact) mass is 482 g/mol. The molecule has 1 aliphatic rings. The van der Waals surface area contributed by atoms with Crippen LogP contribution in [0, 0.1) is 6.92 Å². The molecule has 1 aromatic heterocycles. The van der Waals surface area contributed by atoms with Crippen molar-refractivity contribution in [1.82, 2.24) is 14.8 Å². The molecule has 1 fully saturated rings. The number of rotatable bonds is 7. The number of hydrogen-bond donors (Lipinski definition) is 1. The normalized spacial score (nSPS) is 15.1. The third-order valence-corrected chi connectivity index (χ3v) is 7.33. The highest BCUT2D eigenvalue weighted by atomic mass is 32.1. The quantitative estimate of drug-likeness (QED) is 0.376. The Morgan fingerprint density at radius 2 is 1.71 bits per heavy atom. The average molecular weight is 483 g/mol. The van der Waals surface area contributed by atoms with E-state index < -0.39 is 0 Å². The fraction of sp³-hybridized carbons (Fsp3) is 0.241. The summed E-state index contributed by atoms with van der Waals surface area (Å²) in [6, 6.07) is 24.7. The standard InChI is InChI=1S/C29H30N4OS/c1-22-9-14-26-27(20-22)35-29(31-26)24-10-12-25(13-11-24)30-28(34)21-33-18-16-32(17-19-33)15-5-8-23-6-3-2-4-7-23/h2-14,20H,15-19,21H2,1H3,(H,30,34)/b8-5-. The summed E-state index contributed by atoms with van der Waals surface area (Å²) in [5, 5.41) is 4.04. The number of aromatic nitrogens is 1. The van der Waals surface area contributed by atoms with Crippen LogP contribution in [0.3, 0.4) is 0 Å². The molecule has 4 aromatic rings. The highest BCUT2D eigenvalue weighted by Gasteiger charge is 2.18. The molecular weight excluding hydrogens is 452 g/mol. The van der Waals surface area contributed by atoms with Crippen molar-refractivity contribution >= 4 is 39.2 Å². The molecule has 1 amide bonds. The van der Waals surface area contributed by atoms with Gasteiger partial charge in [0.1, 0.15) is 5.01 Å². The van der Waals surface area contributed by atoms with Crippen LogP contribution in [0.2, 0.25) is 0 Å². The van der Waals surface area contributed by atoms with Gasteiger partial charge in [0.2, 0.25) is 5.91 Å². The van der Waals surface area contributed by atoms with E-state index in [1.807, 2.05) is 30.3 Å². The third-order valence-electron chi connectivity index (χ3n) is 6.27. The Kier molecular flexibility index (Phi) is 7.33. The molecular formula is C29H30N4OS. The molecule has 1 aliphatic heterocycles. The lowest BCUT2D eigenvalue weighted by molar-refractivity contribution is -0.117. The summed E-state index contributed by atoms with van der Waals surface area (Å²) in [6.45, 7) is 7.22. The zero-order valence-electron chi connectivity index (χ0n) is 20.0. The zero-order valence-corrected chi connectivity index (χ0v) is 20.8. The van der Waals surface area contributed by atoms with E-state index in [9.17, 15) is 4.79 Å². The predicted molar refractivity (Wildman–Crippen MR) is 147 cm³/mol. The molecule has 0 unspecified atom stereocenters. The molecule has 2 heterocycles. The van der Waals surface area contributed by atoms with Gasteiger partial charge in [0.25, 0.3) is 0 Å². The number of piperazine rings is 1. The molecule has 1 N–H and O–H groups in total. The van der Waals surface area contributed by atoms with Gasteiger partial charge in [-0.05, 0) is 54.4 Å². The summed E-state index contributed by atoms with van der Waals surface area (Å²) in [5.74, 6) is 0.0330. The first kappa shape index (κ1) is 23.4. The van der Waals surface area contributed by atoms with Crippen molar-refractivity contribution in [2.45, 2.75) is 6.92 Å². The molecule has 1 saturated heterocycles. The number of amides is 1. The summed E-state index contributed by atoms with van der Waals surface area (Å²) < 4.78 is 1.20. The fourth-order valence-electron chi connectivity index (χ4n) is 4.29. The first-order valence-corrected chi connectivity index (χ1v) is 12.9. The summed E-state index contributed by atoms with van der Waals surface area (Å²) in [5.41, 5.74) is 5.39. The second kappa shape index (κ2) is 11.0. The summed E-state index contributed by atoms with van der Waals surface area (Å²) >= 11 is 1.70. The van der Waals surface area contributed by atoms with Crippen molar-refractivity contribution in [2.24, 2.45) is 0 Å². The number of anilines is 1. The minimum atomic E-state index is 0.0330. The van der Waals surface area contributed by atoms with Crippen LogP contribution in [0.5, 0.6) is 0 Å². The van der Waals surface area contributed by atoms with E-state index in [2.05, 4.69) is 76.7 Å². The van der Waals surface area contributed by atoms with Crippen LogP contribution in [0.4, 0.5) is 5.69 Å². The second-order valence-electron chi connectivity index (χ2n) is 9.01. The molecule has 178 valence electrons. The van der Waals surface area contributed by atoms with Crippen LogP contribution in [0.1, 0.15) is 11.1 Å². The number of fused-ring (bicyclic) bond motifs is 1. The third kappa shape index (κ3) is 6.22. The summed E-state index contributed by atoms with van der Waals surface area (Å²) in [4.78, 5) is 22.0. The number of carbonyl (C=O) groups excluding carboxylic acids is 1. The van der Waals surface area contributed by atoms with Crippen LogP contribution in [-0.2, 0) is 4.79 Å². The number of nitrogens with one attached hydrogen (secondary N) is 1. The van der Waals surface area contributed by atoms with Gasteiger partial charge in [0.15, 0.2) is 0 Å². The number of hydrogen-bond acceptors (Lipinski definition) is 5. The lowest BCUT2D eigenvalue weighted by Gasteiger charge is -2.33. The maximum absolute atomic E-state index is 12.6. The van der Waals surface area contributed by atoms with Crippen LogP contribution < -0.4 is 5.32 Å². The van der Waals surface area contributed by atoms with E-state index in [1.54, 1.807) is 11.3 Å². The molecule has 0 saturated carbocycles. The van der Waals surface area contributed by atoms with Crippen molar-refractivity contribution < 1.29 is 4.79 Å². The van der Waals surface area contributed by atoms with Crippen molar-refractivity contribution in [3.63, 3.8) is 0 Å². The average Bonchev–Trinajstić information content (AvgIpc) is 3.29. The Hall–Kier alpha value is -3.32. The van der Waals surface area contributed by atoms with Gasteiger partial charge in [-0.3, -0.25) is 14.6 Å².